The number of aliphatic hydroxyl groups is 1. The van der Waals surface area contributed by atoms with E-state index in [-0.39, 0.29) is 19.4 Å². The second-order valence-corrected chi connectivity index (χ2v) is 8.30. The van der Waals surface area contributed by atoms with Crippen LogP contribution in [0, 0.1) is 0 Å². The Bertz CT molecular complexity index is 1020. The maximum atomic E-state index is 12.9. The van der Waals surface area contributed by atoms with Crippen LogP contribution in [0.25, 0.3) is 10.9 Å². The van der Waals surface area contributed by atoms with Crippen LogP contribution in [-0.4, -0.2) is 76.2 Å². The standard InChI is InChI=1S/C23H34N6O6/c1-13(30)20(29-21(32)17(8-4-5-9-24)27-19(31)11-25)22(33)28-18(23(34)35)10-14-12-26-16-7-3-2-6-15(14)16/h2-3,6-7,12-13,17-18,20,26,30H,4-5,8-11,24-25H2,1H3,(H,27,31)(H,28,33)(H,29,32)(H,34,35). The van der Waals surface area contributed by atoms with E-state index in [0.717, 1.165) is 10.9 Å². The predicted octanol–water partition coefficient (Wildman–Crippen LogP) is -1.28. The van der Waals surface area contributed by atoms with Gasteiger partial charge in [0, 0.05) is 23.5 Å². The number of hydrogen-bond donors (Lipinski definition) is 8. The molecule has 1 heterocycles. The zero-order valence-electron chi connectivity index (χ0n) is 19.6. The van der Waals surface area contributed by atoms with Gasteiger partial charge < -0.3 is 42.6 Å². The quantitative estimate of drug-likeness (QED) is 0.149. The number of aromatic amines is 1. The fourth-order valence-electron chi connectivity index (χ4n) is 3.66. The number of hydrogen-bond acceptors (Lipinski definition) is 7. The van der Waals surface area contributed by atoms with Gasteiger partial charge in [-0.1, -0.05) is 18.2 Å². The molecule has 12 heteroatoms. The number of benzene rings is 1. The lowest BCUT2D eigenvalue weighted by Crippen LogP contribution is -2.59. The Morgan fingerprint density at radius 1 is 1.00 bits per heavy atom. The van der Waals surface area contributed by atoms with Gasteiger partial charge in [-0.05, 0) is 44.4 Å². The van der Waals surface area contributed by atoms with Crippen LogP contribution in [0.4, 0.5) is 0 Å². The Morgan fingerprint density at radius 2 is 1.71 bits per heavy atom. The number of unbranched alkanes of at least 4 members (excludes halogenated alkanes) is 1. The van der Waals surface area contributed by atoms with Crippen LogP contribution in [0.1, 0.15) is 31.7 Å². The number of rotatable bonds is 14. The lowest BCUT2D eigenvalue weighted by molar-refractivity contribution is -0.143. The van der Waals surface area contributed by atoms with Gasteiger partial charge in [0.25, 0.3) is 0 Å². The maximum absolute atomic E-state index is 12.9. The van der Waals surface area contributed by atoms with Gasteiger partial charge in [-0.2, -0.15) is 0 Å². The fourth-order valence-corrected chi connectivity index (χ4v) is 3.66. The van der Waals surface area contributed by atoms with Crippen molar-refractivity contribution >= 4 is 34.6 Å². The summed E-state index contributed by atoms with van der Waals surface area (Å²) in [7, 11) is 0. The van der Waals surface area contributed by atoms with Crippen LogP contribution in [0.15, 0.2) is 30.5 Å². The number of aromatic nitrogens is 1. The van der Waals surface area contributed by atoms with Crippen LogP contribution < -0.4 is 27.4 Å². The van der Waals surface area contributed by atoms with E-state index >= 15 is 0 Å². The highest BCUT2D eigenvalue weighted by Crippen LogP contribution is 2.19. The smallest absolute Gasteiger partial charge is 0.326 e. The van der Waals surface area contributed by atoms with Crippen LogP contribution in [0.2, 0.25) is 0 Å². The summed E-state index contributed by atoms with van der Waals surface area (Å²) in [4.78, 5) is 52.4. The molecule has 0 bridgehead atoms. The van der Waals surface area contributed by atoms with Crippen molar-refractivity contribution in [2.45, 2.75) is 56.8 Å². The molecule has 1 aromatic carbocycles. The van der Waals surface area contributed by atoms with E-state index in [1.54, 1.807) is 6.20 Å². The molecule has 4 atom stereocenters. The van der Waals surface area contributed by atoms with Crippen molar-refractivity contribution in [1.29, 1.82) is 0 Å². The molecule has 0 saturated carbocycles. The monoisotopic (exact) mass is 490 g/mol. The second-order valence-electron chi connectivity index (χ2n) is 8.30. The number of carbonyl (C=O) groups is 4. The zero-order chi connectivity index (χ0) is 26.0. The first-order valence-corrected chi connectivity index (χ1v) is 11.4. The van der Waals surface area contributed by atoms with Gasteiger partial charge in [-0.15, -0.1) is 0 Å². The summed E-state index contributed by atoms with van der Waals surface area (Å²) in [6.45, 7) is 1.38. The number of nitrogens with one attached hydrogen (secondary N) is 4. The molecule has 2 aromatic rings. The third kappa shape index (κ3) is 8.05. The normalized spacial score (nSPS) is 14.5. The van der Waals surface area contributed by atoms with Crippen LogP contribution >= 0.6 is 0 Å². The zero-order valence-corrected chi connectivity index (χ0v) is 19.6. The van der Waals surface area contributed by atoms with Gasteiger partial charge in [-0.25, -0.2) is 4.79 Å². The molecule has 0 radical (unpaired) electrons. The van der Waals surface area contributed by atoms with Crippen LogP contribution in [0.5, 0.6) is 0 Å². The molecule has 4 unspecified atom stereocenters. The highest BCUT2D eigenvalue weighted by Gasteiger charge is 2.32. The first-order valence-electron chi connectivity index (χ1n) is 11.4. The minimum absolute atomic E-state index is 0.0141. The molecule has 12 nitrogen and oxygen atoms in total. The Balaban J connectivity index is 2.12. The molecule has 0 aliphatic rings. The van der Waals surface area contributed by atoms with Crippen molar-refractivity contribution in [2.75, 3.05) is 13.1 Å². The van der Waals surface area contributed by atoms with Gasteiger partial charge in [0.1, 0.15) is 18.1 Å². The average Bonchev–Trinajstić information content (AvgIpc) is 3.23. The SMILES string of the molecule is CC(O)C(NC(=O)C(CCCCN)NC(=O)CN)C(=O)NC(Cc1c[nH]c2ccccc12)C(=O)O. The van der Waals surface area contributed by atoms with E-state index in [2.05, 4.69) is 20.9 Å². The van der Waals surface area contributed by atoms with E-state index in [0.29, 0.717) is 24.9 Å². The third-order valence-corrected chi connectivity index (χ3v) is 5.56. The summed E-state index contributed by atoms with van der Waals surface area (Å²) >= 11 is 0. The molecule has 10 N–H and O–H groups in total. The Labute approximate surface area is 202 Å². The first-order chi connectivity index (χ1) is 16.7. The number of fused-ring (bicyclic) bond motifs is 1. The van der Waals surface area contributed by atoms with Crippen LogP contribution in [0.3, 0.4) is 0 Å². The molecule has 35 heavy (non-hydrogen) atoms. The molecule has 0 aliphatic carbocycles. The number of nitrogens with two attached hydrogens (primary N) is 2. The molecule has 0 aliphatic heterocycles. The lowest BCUT2D eigenvalue weighted by atomic mass is 10.0. The summed E-state index contributed by atoms with van der Waals surface area (Å²) in [5, 5.41) is 28.0. The molecule has 0 saturated heterocycles. The average molecular weight is 491 g/mol. The minimum Gasteiger partial charge on any atom is -0.480 e. The van der Waals surface area contributed by atoms with Crippen molar-refractivity contribution < 1.29 is 29.4 Å². The number of aliphatic hydroxyl groups excluding tert-OH is 1. The van der Waals surface area contributed by atoms with E-state index in [4.69, 9.17) is 11.5 Å². The number of amides is 3. The molecule has 1 aromatic heterocycles. The number of aliphatic carboxylic acids is 1. The molecule has 0 spiro atoms. The van der Waals surface area contributed by atoms with Crippen molar-refractivity contribution in [2.24, 2.45) is 11.5 Å². The Kier molecular flexibility index (Phi) is 10.6. The molecular formula is C23H34N6O6. The Hall–Kier alpha value is -3.48. The van der Waals surface area contributed by atoms with E-state index < -0.39 is 47.9 Å². The van der Waals surface area contributed by atoms with E-state index in [1.165, 1.54) is 6.92 Å². The number of carboxylic acids is 1. The summed E-state index contributed by atoms with van der Waals surface area (Å²) < 4.78 is 0. The highest BCUT2D eigenvalue weighted by atomic mass is 16.4. The lowest BCUT2D eigenvalue weighted by Gasteiger charge is -2.26. The van der Waals surface area contributed by atoms with Gasteiger partial charge >= 0.3 is 5.97 Å². The highest BCUT2D eigenvalue weighted by molar-refractivity contribution is 5.94. The van der Waals surface area contributed by atoms with Crippen molar-refractivity contribution in [3.8, 4) is 0 Å². The second kappa shape index (κ2) is 13.4. The third-order valence-electron chi connectivity index (χ3n) is 5.56. The minimum atomic E-state index is -1.45. The molecule has 3 amide bonds. The van der Waals surface area contributed by atoms with Gasteiger partial charge in [0.15, 0.2) is 0 Å². The number of carbonyl (C=O) groups excluding carboxylic acids is 3. The molecule has 0 fully saturated rings. The topological polar surface area (TPSA) is 213 Å². The van der Waals surface area contributed by atoms with Gasteiger partial charge in [-0.3, -0.25) is 14.4 Å². The molecule has 192 valence electrons. The fraction of sp³-hybridized carbons (Fsp3) is 0.478. The van der Waals surface area contributed by atoms with Crippen LogP contribution in [-0.2, 0) is 25.6 Å². The molecular weight excluding hydrogens is 456 g/mol. The summed E-state index contributed by atoms with van der Waals surface area (Å²) in [6.07, 6.45) is 1.73. The van der Waals surface area contributed by atoms with Crippen molar-refractivity contribution in [1.82, 2.24) is 20.9 Å². The number of H-pyrrole nitrogens is 1. The van der Waals surface area contributed by atoms with E-state index in [9.17, 15) is 29.4 Å². The largest absolute Gasteiger partial charge is 0.480 e. The van der Waals surface area contributed by atoms with Gasteiger partial charge in [0.2, 0.25) is 17.7 Å². The Morgan fingerprint density at radius 3 is 2.34 bits per heavy atom. The maximum Gasteiger partial charge on any atom is 0.326 e. The molecule has 2 rings (SSSR count). The summed E-state index contributed by atoms with van der Waals surface area (Å²) in [5.74, 6) is -3.39. The summed E-state index contributed by atoms with van der Waals surface area (Å²) in [6, 6.07) is 3.60. The van der Waals surface area contributed by atoms with Crippen molar-refractivity contribution in [3.63, 3.8) is 0 Å². The van der Waals surface area contributed by atoms with E-state index in [1.807, 2.05) is 24.3 Å². The number of para-hydroxylation sites is 1. The van der Waals surface area contributed by atoms with Gasteiger partial charge in [0.05, 0.1) is 12.6 Å². The number of carboxylic acid groups (broad SMARTS) is 1. The van der Waals surface area contributed by atoms with Crippen molar-refractivity contribution in [3.05, 3.63) is 36.0 Å². The predicted molar refractivity (Wildman–Crippen MR) is 129 cm³/mol. The first kappa shape index (κ1) is 27.8. The summed E-state index contributed by atoms with van der Waals surface area (Å²) in [5.41, 5.74) is 12.3.